The summed E-state index contributed by atoms with van der Waals surface area (Å²) >= 11 is 0. The summed E-state index contributed by atoms with van der Waals surface area (Å²) in [4.78, 5) is 12.8. The largest absolute Gasteiger partial charge is 0.493 e. The van der Waals surface area contributed by atoms with E-state index in [1.807, 2.05) is 0 Å². The molecule has 2 heterocycles. The third-order valence-electron chi connectivity index (χ3n) is 4.04. The minimum Gasteiger partial charge on any atom is -0.493 e. The topological polar surface area (TPSA) is 104 Å². The van der Waals surface area contributed by atoms with Gasteiger partial charge in [0, 0.05) is 30.6 Å². The molecule has 140 valence electrons. The molecule has 0 aliphatic carbocycles. The van der Waals surface area contributed by atoms with Crippen molar-refractivity contribution in [3.8, 4) is 23.8 Å². The van der Waals surface area contributed by atoms with Crippen molar-refractivity contribution in [2.24, 2.45) is 0 Å². The van der Waals surface area contributed by atoms with Crippen LogP contribution in [-0.2, 0) is 0 Å². The summed E-state index contributed by atoms with van der Waals surface area (Å²) in [6, 6.07) is 14.7. The highest BCUT2D eigenvalue weighted by atomic mass is 16.5. The number of ether oxygens (including phenoxy) is 1. The number of carbonyl (C=O) groups excluding carboxylic acids is 1. The highest BCUT2D eigenvalue weighted by molar-refractivity contribution is 6.07. The summed E-state index contributed by atoms with van der Waals surface area (Å²) in [6.45, 7) is 2.07. The number of amides is 1. The van der Waals surface area contributed by atoms with E-state index in [4.69, 9.17) is 14.4 Å². The van der Waals surface area contributed by atoms with Crippen LogP contribution in [0.4, 0.5) is 5.69 Å². The molecule has 7 nitrogen and oxygen atoms in total. The quantitative estimate of drug-likeness (QED) is 0.625. The van der Waals surface area contributed by atoms with Crippen molar-refractivity contribution in [2.75, 3.05) is 11.9 Å². The van der Waals surface area contributed by atoms with E-state index >= 15 is 0 Å². The van der Waals surface area contributed by atoms with Crippen molar-refractivity contribution in [3.05, 3.63) is 65.7 Å². The monoisotopic (exact) mass is 374 g/mol. The molecular formula is C21H18N4O3. The lowest BCUT2D eigenvalue weighted by atomic mass is 10.1. The molecule has 0 saturated heterocycles. The number of carbonyl (C=O) groups is 1. The Morgan fingerprint density at radius 2 is 2.04 bits per heavy atom. The van der Waals surface area contributed by atoms with Crippen LogP contribution in [-0.4, -0.2) is 17.1 Å². The molecule has 0 aliphatic heterocycles. The fraction of sp³-hybridized carbons (Fsp3) is 0.190. The molecule has 0 atom stereocenters. The number of furan rings is 1. The zero-order valence-corrected chi connectivity index (χ0v) is 15.3. The van der Waals surface area contributed by atoms with E-state index in [1.54, 1.807) is 60.3 Å². The van der Waals surface area contributed by atoms with Crippen molar-refractivity contribution in [2.45, 2.75) is 19.8 Å². The first-order chi connectivity index (χ1) is 13.6. The summed E-state index contributed by atoms with van der Waals surface area (Å²) < 4.78 is 12.9. The number of benzene rings is 1. The van der Waals surface area contributed by atoms with Crippen molar-refractivity contribution in [1.82, 2.24) is 4.57 Å². The predicted octanol–water partition coefficient (Wildman–Crippen LogP) is 4.19. The number of hydrogen-bond donors (Lipinski definition) is 1. The third kappa shape index (κ3) is 4.05. The maximum absolute atomic E-state index is 12.8. The van der Waals surface area contributed by atoms with Gasteiger partial charge in [-0.2, -0.15) is 10.5 Å². The molecule has 0 spiro atoms. The van der Waals surface area contributed by atoms with E-state index in [2.05, 4.69) is 17.5 Å². The van der Waals surface area contributed by atoms with E-state index in [1.165, 1.54) is 0 Å². The van der Waals surface area contributed by atoms with Crippen LogP contribution in [0.15, 0.2) is 53.2 Å². The molecule has 3 aromatic rings. The highest BCUT2D eigenvalue weighted by Crippen LogP contribution is 2.27. The third-order valence-corrected chi connectivity index (χ3v) is 4.04. The molecule has 1 amide bonds. The first kappa shape index (κ1) is 18.8. The summed E-state index contributed by atoms with van der Waals surface area (Å²) in [5.41, 5.74) is 0.913. The van der Waals surface area contributed by atoms with Gasteiger partial charge >= 0.3 is 0 Å². The molecule has 7 heteroatoms. The van der Waals surface area contributed by atoms with Crippen molar-refractivity contribution >= 4 is 11.6 Å². The normalized spacial score (nSPS) is 10.1. The maximum atomic E-state index is 12.8. The minimum absolute atomic E-state index is 0.176. The van der Waals surface area contributed by atoms with Gasteiger partial charge in [-0.25, -0.2) is 0 Å². The van der Waals surface area contributed by atoms with Gasteiger partial charge in [-0.05, 0) is 37.6 Å². The molecule has 0 bridgehead atoms. The summed E-state index contributed by atoms with van der Waals surface area (Å²) in [5.74, 6) is 0.831. The Labute approximate surface area is 162 Å². The van der Waals surface area contributed by atoms with E-state index in [9.17, 15) is 10.1 Å². The van der Waals surface area contributed by atoms with Gasteiger partial charge in [-0.15, -0.1) is 0 Å². The van der Waals surface area contributed by atoms with E-state index in [0.717, 1.165) is 0 Å². The lowest BCUT2D eigenvalue weighted by Gasteiger charge is -2.08. The number of nitrogens with zero attached hydrogens (tertiary/aromatic N) is 3. The van der Waals surface area contributed by atoms with Gasteiger partial charge in [0.1, 0.15) is 28.7 Å². The zero-order valence-electron chi connectivity index (χ0n) is 15.3. The van der Waals surface area contributed by atoms with Crippen LogP contribution < -0.4 is 10.1 Å². The molecule has 0 saturated carbocycles. The molecule has 1 aromatic carbocycles. The summed E-state index contributed by atoms with van der Waals surface area (Å²) in [6.07, 6.45) is 4.55. The second-order valence-electron chi connectivity index (χ2n) is 6.01. The van der Waals surface area contributed by atoms with Gasteiger partial charge < -0.3 is 14.5 Å². The fourth-order valence-corrected chi connectivity index (χ4v) is 2.76. The molecular weight excluding hydrogens is 356 g/mol. The molecule has 2 aromatic heterocycles. The summed E-state index contributed by atoms with van der Waals surface area (Å²) in [7, 11) is 0. The Hall–Kier alpha value is -3.97. The van der Waals surface area contributed by atoms with Crippen molar-refractivity contribution in [3.63, 3.8) is 0 Å². The van der Waals surface area contributed by atoms with Crippen LogP contribution in [0.1, 0.15) is 34.5 Å². The minimum atomic E-state index is -0.433. The lowest BCUT2D eigenvalue weighted by Crippen LogP contribution is -2.14. The lowest BCUT2D eigenvalue weighted by molar-refractivity contribution is 0.102. The first-order valence-corrected chi connectivity index (χ1v) is 8.72. The predicted molar refractivity (Wildman–Crippen MR) is 102 cm³/mol. The van der Waals surface area contributed by atoms with E-state index in [0.29, 0.717) is 42.5 Å². The maximum Gasteiger partial charge on any atom is 0.260 e. The van der Waals surface area contributed by atoms with Crippen LogP contribution >= 0.6 is 0 Å². The summed E-state index contributed by atoms with van der Waals surface area (Å²) in [5, 5.41) is 20.9. The highest BCUT2D eigenvalue weighted by Gasteiger charge is 2.24. The van der Waals surface area contributed by atoms with Gasteiger partial charge in [0.2, 0.25) is 5.88 Å². The fourth-order valence-electron chi connectivity index (χ4n) is 2.76. The molecule has 3 rings (SSSR count). The average molecular weight is 374 g/mol. The molecule has 0 fully saturated rings. The number of nitrogens with one attached hydrogen (secondary N) is 1. The van der Waals surface area contributed by atoms with Gasteiger partial charge in [0.15, 0.2) is 0 Å². The number of rotatable bonds is 7. The number of aromatic nitrogens is 1. The van der Waals surface area contributed by atoms with Crippen LogP contribution in [0.5, 0.6) is 5.75 Å². The Morgan fingerprint density at radius 3 is 2.75 bits per heavy atom. The molecule has 0 radical (unpaired) electrons. The number of anilines is 1. The van der Waals surface area contributed by atoms with Gasteiger partial charge in [-0.3, -0.25) is 9.36 Å². The molecule has 0 unspecified atom stereocenters. The molecule has 1 N–H and O–H groups in total. The van der Waals surface area contributed by atoms with E-state index < -0.39 is 5.91 Å². The van der Waals surface area contributed by atoms with Crippen LogP contribution in [0, 0.1) is 29.6 Å². The number of aryl methyl sites for hydroxylation is 1. The number of nitriles is 2. The average Bonchev–Trinajstić information content (AvgIpc) is 3.32. The van der Waals surface area contributed by atoms with Crippen LogP contribution in [0.2, 0.25) is 0 Å². The smallest absolute Gasteiger partial charge is 0.260 e. The molecule has 28 heavy (non-hydrogen) atoms. The number of hydrogen-bond acceptors (Lipinski definition) is 5. The molecule has 0 aliphatic rings. The standard InChI is InChI=1S/C21H18N4O3/c1-15-19(18(14-23)21(28-15)25-10-3-4-11-25)20(26)24-16-7-6-8-17(13-16)27-12-5-2-9-22/h3-4,6-8,10-11,13H,2,5,12H2,1H3,(H,24,26). The second-order valence-corrected chi connectivity index (χ2v) is 6.01. The van der Waals surface area contributed by atoms with E-state index in [-0.39, 0.29) is 11.1 Å². The van der Waals surface area contributed by atoms with Crippen LogP contribution in [0.3, 0.4) is 0 Å². The van der Waals surface area contributed by atoms with Crippen molar-refractivity contribution < 1.29 is 13.9 Å². The van der Waals surface area contributed by atoms with Gasteiger partial charge in [-0.1, -0.05) is 6.07 Å². The van der Waals surface area contributed by atoms with Crippen molar-refractivity contribution in [1.29, 1.82) is 10.5 Å². The van der Waals surface area contributed by atoms with Crippen LogP contribution in [0.25, 0.3) is 5.88 Å². The first-order valence-electron chi connectivity index (χ1n) is 8.72. The van der Waals surface area contributed by atoms with Gasteiger partial charge in [0.05, 0.1) is 12.7 Å². The Bertz CT molecular complexity index is 1050. The Morgan fingerprint density at radius 1 is 1.25 bits per heavy atom. The second kappa shape index (κ2) is 8.61. The number of unbranched alkanes of at least 4 members (excludes halogenated alkanes) is 1. The Balaban J connectivity index is 1.79. The SMILES string of the molecule is Cc1oc(-n2cccc2)c(C#N)c1C(=O)Nc1cccc(OCCCC#N)c1. The Kier molecular flexibility index (Phi) is 5.78. The zero-order chi connectivity index (χ0) is 19.9. The van der Waals surface area contributed by atoms with Gasteiger partial charge in [0.25, 0.3) is 5.91 Å².